The second-order valence-corrected chi connectivity index (χ2v) is 8.51. The predicted octanol–water partition coefficient (Wildman–Crippen LogP) is 2.84. The van der Waals surface area contributed by atoms with E-state index in [1.54, 1.807) is 14.2 Å². The predicted molar refractivity (Wildman–Crippen MR) is 118 cm³/mol. The Morgan fingerprint density at radius 3 is 2.63 bits per heavy atom. The Hall–Kier alpha value is -2.16. The maximum absolute atomic E-state index is 12.5. The molecule has 1 aromatic heterocycles. The van der Waals surface area contributed by atoms with Crippen molar-refractivity contribution in [2.45, 2.75) is 26.3 Å². The minimum Gasteiger partial charge on any atom is -0.493 e. The molecule has 7 nitrogen and oxygen atoms in total. The number of rotatable bonds is 9. The van der Waals surface area contributed by atoms with E-state index >= 15 is 0 Å². The van der Waals surface area contributed by atoms with E-state index in [9.17, 15) is 4.79 Å². The summed E-state index contributed by atoms with van der Waals surface area (Å²) in [5.74, 6) is 1.79. The van der Waals surface area contributed by atoms with Crippen molar-refractivity contribution in [2.24, 2.45) is 5.92 Å². The van der Waals surface area contributed by atoms with Gasteiger partial charge in [0, 0.05) is 36.6 Å². The van der Waals surface area contributed by atoms with Gasteiger partial charge in [0.05, 0.1) is 39.5 Å². The molecule has 3 rings (SSSR count). The summed E-state index contributed by atoms with van der Waals surface area (Å²) in [7, 11) is 3.22. The van der Waals surface area contributed by atoms with Crippen LogP contribution in [0.5, 0.6) is 11.5 Å². The summed E-state index contributed by atoms with van der Waals surface area (Å²) < 4.78 is 16.1. The molecule has 1 atom stereocenters. The van der Waals surface area contributed by atoms with E-state index in [0.717, 1.165) is 42.6 Å². The Morgan fingerprint density at radius 1 is 1.23 bits per heavy atom. The number of morpholine rings is 1. The minimum atomic E-state index is -0.00179. The van der Waals surface area contributed by atoms with Crippen molar-refractivity contribution in [2.75, 3.05) is 47.1 Å². The third-order valence-electron chi connectivity index (χ3n) is 5.32. The van der Waals surface area contributed by atoms with Crippen molar-refractivity contribution >= 4 is 17.2 Å². The van der Waals surface area contributed by atoms with E-state index in [1.165, 1.54) is 11.3 Å². The monoisotopic (exact) mass is 433 g/mol. The van der Waals surface area contributed by atoms with E-state index < -0.39 is 0 Å². The van der Waals surface area contributed by atoms with Crippen LogP contribution in [0, 0.1) is 5.92 Å². The molecule has 0 aliphatic carbocycles. The summed E-state index contributed by atoms with van der Waals surface area (Å²) >= 11 is 1.52. The largest absolute Gasteiger partial charge is 0.493 e. The second kappa shape index (κ2) is 10.7. The Balaban J connectivity index is 1.58. The highest BCUT2D eigenvalue weighted by molar-refractivity contribution is 7.13. The molecule has 2 heterocycles. The number of aromatic nitrogens is 1. The van der Waals surface area contributed by atoms with Crippen LogP contribution in [0.3, 0.4) is 0 Å². The number of hydrogen-bond acceptors (Lipinski definition) is 7. The zero-order chi connectivity index (χ0) is 21.5. The number of carbonyl (C=O) groups is 1. The minimum absolute atomic E-state index is 0.00179. The van der Waals surface area contributed by atoms with Crippen LogP contribution >= 0.6 is 11.3 Å². The van der Waals surface area contributed by atoms with Crippen molar-refractivity contribution in [1.82, 2.24) is 15.2 Å². The normalized spacial score (nSPS) is 15.8. The zero-order valence-electron chi connectivity index (χ0n) is 18.1. The van der Waals surface area contributed by atoms with Gasteiger partial charge in [0.25, 0.3) is 0 Å². The zero-order valence-corrected chi connectivity index (χ0v) is 19.0. The molecule has 2 aromatic rings. The molecule has 1 aliphatic heterocycles. The van der Waals surface area contributed by atoms with Gasteiger partial charge >= 0.3 is 0 Å². The van der Waals surface area contributed by atoms with Gasteiger partial charge in [0.1, 0.15) is 5.01 Å². The number of methoxy groups -OCH3 is 2. The first-order valence-corrected chi connectivity index (χ1v) is 11.1. The molecule has 1 unspecified atom stereocenters. The van der Waals surface area contributed by atoms with E-state index in [1.807, 2.05) is 23.6 Å². The molecule has 1 amide bonds. The van der Waals surface area contributed by atoms with E-state index in [-0.39, 0.29) is 12.3 Å². The van der Waals surface area contributed by atoms with Gasteiger partial charge in [-0.25, -0.2) is 4.98 Å². The highest BCUT2D eigenvalue weighted by atomic mass is 32.1. The van der Waals surface area contributed by atoms with Gasteiger partial charge in [-0.1, -0.05) is 13.8 Å². The Morgan fingerprint density at radius 2 is 1.97 bits per heavy atom. The standard InChI is InChI=1S/C22H31N3O4S/c1-15(2)18(25-7-9-29-10-8-25)13-23-21(26)12-17-14-30-22(24-17)16-5-6-19(27-3)20(11-16)28-4/h5-6,11,14-15,18H,7-10,12-13H2,1-4H3,(H,23,26). The van der Waals surface area contributed by atoms with E-state index in [0.29, 0.717) is 30.0 Å². The van der Waals surface area contributed by atoms with Crippen molar-refractivity contribution in [3.63, 3.8) is 0 Å². The van der Waals surface area contributed by atoms with Gasteiger partial charge < -0.3 is 19.5 Å². The average Bonchev–Trinajstić information content (AvgIpc) is 3.22. The molecule has 0 saturated carbocycles. The number of carbonyl (C=O) groups excluding carboxylic acids is 1. The van der Waals surface area contributed by atoms with Crippen LogP contribution in [0.25, 0.3) is 10.6 Å². The Labute approximate surface area is 182 Å². The van der Waals surface area contributed by atoms with Crippen molar-refractivity contribution < 1.29 is 19.0 Å². The van der Waals surface area contributed by atoms with Crippen LogP contribution in [-0.2, 0) is 16.0 Å². The van der Waals surface area contributed by atoms with Crippen LogP contribution in [0.15, 0.2) is 23.6 Å². The summed E-state index contributed by atoms with van der Waals surface area (Å²) in [6.45, 7) is 8.39. The number of nitrogens with zero attached hydrogens (tertiary/aromatic N) is 2. The van der Waals surface area contributed by atoms with Crippen LogP contribution in [0.2, 0.25) is 0 Å². The van der Waals surface area contributed by atoms with Crippen molar-refractivity contribution in [1.29, 1.82) is 0 Å². The molecule has 30 heavy (non-hydrogen) atoms. The summed E-state index contributed by atoms with van der Waals surface area (Å²) in [6.07, 6.45) is 0.276. The lowest BCUT2D eigenvalue weighted by molar-refractivity contribution is -0.120. The van der Waals surface area contributed by atoms with Gasteiger partial charge in [-0.05, 0) is 24.1 Å². The van der Waals surface area contributed by atoms with Gasteiger partial charge in [-0.2, -0.15) is 0 Å². The number of ether oxygens (including phenoxy) is 3. The molecule has 1 saturated heterocycles. The van der Waals surface area contributed by atoms with Crippen LogP contribution in [0.1, 0.15) is 19.5 Å². The summed E-state index contributed by atoms with van der Waals surface area (Å²) in [5.41, 5.74) is 1.71. The molecule has 0 radical (unpaired) electrons. The molecule has 1 N–H and O–H groups in total. The fourth-order valence-corrected chi connectivity index (χ4v) is 4.45. The highest BCUT2D eigenvalue weighted by Gasteiger charge is 2.24. The molecule has 1 aliphatic rings. The molecular formula is C22H31N3O4S. The number of nitrogens with one attached hydrogen (secondary N) is 1. The highest BCUT2D eigenvalue weighted by Crippen LogP contribution is 2.33. The first-order chi connectivity index (χ1) is 14.5. The van der Waals surface area contributed by atoms with Crippen LogP contribution in [-0.4, -0.2) is 68.9 Å². The third-order valence-corrected chi connectivity index (χ3v) is 6.26. The lowest BCUT2D eigenvalue weighted by atomic mass is 10.0. The molecule has 8 heteroatoms. The first kappa shape index (κ1) is 22.5. The lowest BCUT2D eigenvalue weighted by Crippen LogP contribution is -2.51. The summed E-state index contributed by atoms with van der Waals surface area (Å²) in [6, 6.07) is 6.02. The fraction of sp³-hybridized carbons (Fsp3) is 0.545. The van der Waals surface area contributed by atoms with E-state index in [4.69, 9.17) is 14.2 Å². The molecule has 0 bridgehead atoms. The average molecular weight is 434 g/mol. The molecule has 1 aromatic carbocycles. The SMILES string of the molecule is COc1ccc(-c2nc(CC(=O)NCC(C(C)C)N3CCOCC3)cs2)cc1OC. The Bertz CT molecular complexity index is 834. The molecule has 0 spiro atoms. The van der Waals surface area contributed by atoms with E-state index in [2.05, 4.69) is 29.0 Å². The number of hydrogen-bond donors (Lipinski definition) is 1. The van der Waals surface area contributed by atoms with Gasteiger partial charge in [-0.15, -0.1) is 11.3 Å². The summed E-state index contributed by atoms with van der Waals surface area (Å²) in [5, 5.41) is 5.89. The number of thiazole rings is 1. The topological polar surface area (TPSA) is 72.9 Å². The number of benzene rings is 1. The first-order valence-electron chi connectivity index (χ1n) is 10.3. The third kappa shape index (κ3) is 5.71. The number of amides is 1. The molecule has 164 valence electrons. The lowest BCUT2D eigenvalue weighted by Gasteiger charge is -2.36. The van der Waals surface area contributed by atoms with Gasteiger partial charge in [0.2, 0.25) is 5.91 Å². The quantitative estimate of drug-likeness (QED) is 0.656. The van der Waals surface area contributed by atoms with Crippen molar-refractivity contribution in [3.05, 3.63) is 29.3 Å². The molecular weight excluding hydrogens is 402 g/mol. The van der Waals surface area contributed by atoms with Crippen LogP contribution < -0.4 is 14.8 Å². The van der Waals surface area contributed by atoms with Crippen molar-refractivity contribution in [3.8, 4) is 22.1 Å². The van der Waals surface area contributed by atoms with Gasteiger partial charge in [0.15, 0.2) is 11.5 Å². The molecule has 1 fully saturated rings. The van der Waals surface area contributed by atoms with Gasteiger partial charge in [-0.3, -0.25) is 9.69 Å². The smallest absolute Gasteiger partial charge is 0.226 e. The Kier molecular flexibility index (Phi) is 8.07. The fourth-order valence-electron chi connectivity index (χ4n) is 3.63. The summed E-state index contributed by atoms with van der Waals surface area (Å²) in [4.78, 5) is 19.6. The maximum atomic E-state index is 12.5. The maximum Gasteiger partial charge on any atom is 0.226 e. The second-order valence-electron chi connectivity index (χ2n) is 7.65. The van der Waals surface area contributed by atoms with Crippen LogP contribution in [0.4, 0.5) is 0 Å².